The fourth-order valence-electron chi connectivity index (χ4n) is 2.81. The standard InChI is InChI=1S/C19H19N3/c1-12-15(13-8-4-2-5-9-13)16(14-10-6-3-7-11-14)18(21)19(22)17(12)20/h2-11H,20-22H2,1H3. The zero-order valence-electron chi connectivity index (χ0n) is 12.5. The Morgan fingerprint density at radius 2 is 1.00 bits per heavy atom. The second kappa shape index (κ2) is 5.45. The first-order chi connectivity index (χ1) is 10.6. The van der Waals surface area contributed by atoms with E-state index in [1.807, 2.05) is 55.5 Å². The molecule has 3 aromatic rings. The van der Waals surface area contributed by atoms with Crippen molar-refractivity contribution in [3.05, 3.63) is 66.2 Å². The van der Waals surface area contributed by atoms with Crippen LogP contribution in [-0.2, 0) is 0 Å². The number of hydrogen-bond donors (Lipinski definition) is 3. The van der Waals surface area contributed by atoms with E-state index in [-0.39, 0.29) is 0 Å². The molecule has 6 N–H and O–H groups in total. The molecule has 3 nitrogen and oxygen atoms in total. The highest BCUT2D eigenvalue weighted by molar-refractivity contribution is 6.02. The molecule has 0 radical (unpaired) electrons. The Morgan fingerprint density at radius 1 is 0.545 bits per heavy atom. The van der Waals surface area contributed by atoms with Crippen LogP contribution in [0.3, 0.4) is 0 Å². The van der Waals surface area contributed by atoms with Gasteiger partial charge in [-0.25, -0.2) is 0 Å². The fraction of sp³-hybridized carbons (Fsp3) is 0.0526. The third kappa shape index (κ3) is 2.17. The van der Waals surface area contributed by atoms with Crippen LogP contribution in [0, 0.1) is 6.92 Å². The van der Waals surface area contributed by atoms with E-state index in [1.54, 1.807) is 0 Å². The Labute approximate surface area is 130 Å². The normalized spacial score (nSPS) is 10.6. The van der Waals surface area contributed by atoms with E-state index in [4.69, 9.17) is 17.2 Å². The lowest BCUT2D eigenvalue weighted by atomic mass is 9.88. The van der Waals surface area contributed by atoms with Gasteiger partial charge in [0.05, 0.1) is 17.1 Å². The van der Waals surface area contributed by atoms with Crippen molar-refractivity contribution in [2.45, 2.75) is 6.92 Å². The molecule has 0 saturated carbocycles. The van der Waals surface area contributed by atoms with Crippen LogP contribution in [0.1, 0.15) is 5.56 Å². The van der Waals surface area contributed by atoms with Gasteiger partial charge in [0.25, 0.3) is 0 Å². The summed E-state index contributed by atoms with van der Waals surface area (Å²) in [7, 11) is 0. The minimum atomic E-state index is 0.455. The van der Waals surface area contributed by atoms with Crippen LogP contribution >= 0.6 is 0 Å². The number of nitrogens with two attached hydrogens (primary N) is 3. The summed E-state index contributed by atoms with van der Waals surface area (Å²) in [6, 6.07) is 20.2. The third-order valence-electron chi connectivity index (χ3n) is 4.00. The van der Waals surface area contributed by atoms with Gasteiger partial charge in [-0.1, -0.05) is 60.7 Å². The van der Waals surface area contributed by atoms with Gasteiger partial charge < -0.3 is 17.2 Å². The molecule has 0 atom stereocenters. The Bertz CT molecular complexity index is 739. The molecule has 0 spiro atoms. The van der Waals surface area contributed by atoms with Crippen LogP contribution in [0.15, 0.2) is 60.7 Å². The van der Waals surface area contributed by atoms with Gasteiger partial charge in [0.2, 0.25) is 0 Å². The number of hydrogen-bond acceptors (Lipinski definition) is 3. The number of nitrogen functional groups attached to an aromatic ring is 3. The predicted octanol–water partition coefficient (Wildman–Crippen LogP) is 4.08. The van der Waals surface area contributed by atoms with E-state index in [9.17, 15) is 0 Å². The number of benzene rings is 3. The van der Waals surface area contributed by atoms with Crippen molar-refractivity contribution < 1.29 is 0 Å². The average Bonchev–Trinajstić information content (AvgIpc) is 2.57. The van der Waals surface area contributed by atoms with Crippen LogP contribution in [0.25, 0.3) is 22.3 Å². The van der Waals surface area contributed by atoms with Crippen molar-refractivity contribution in [2.24, 2.45) is 0 Å². The molecule has 0 bridgehead atoms. The van der Waals surface area contributed by atoms with E-state index < -0.39 is 0 Å². The lowest BCUT2D eigenvalue weighted by Gasteiger charge is -2.20. The SMILES string of the molecule is Cc1c(N)c(N)c(N)c(-c2ccccc2)c1-c1ccccc1. The molecule has 0 unspecified atom stereocenters. The highest BCUT2D eigenvalue weighted by atomic mass is 14.7. The average molecular weight is 289 g/mol. The fourth-order valence-corrected chi connectivity index (χ4v) is 2.81. The van der Waals surface area contributed by atoms with Crippen molar-refractivity contribution in [3.8, 4) is 22.3 Å². The maximum absolute atomic E-state index is 6.32. The number of rotatable bonds is 2. The van der Waals surface area contributed by atoms with Crippen molar-refractivity contribution in [1.82, 2.24) is 0 Å². The molecular formula is C19H19N3. The van der Waals surface area contributed by atoms with E-state index in [0.29, 0.717) is 17.1 Å². The molecule has 0 saturated heterocycles. The maximum atomic E-state index is 6.32. The van der Waals surface area contributed by atoms with Gasteiger partial charge >= 0.3 is 0 Å². The highest BCUT2D eigenvalue weighted by Crippen LogP contribution is 2.45. The first kappa shape index (κ1) is 14.0. The van der Waals surface area contributed by atoms with Crippen LogP contribution < -0.4 is 17.2 Å². The lowest BCUT2D eigenvalue weighted by molar-refractivity contribution is 1.45. The first-order valence-electron chi connectivity index (χ1n) is 7.19. The van der Waals surface area contributed by atoms with E-state index >= 15 is 0 Å². The molecule has 3 rings (SSSR count). The van der Waals surface area contributed by atoms with Gasteiger partial charge in [-0.3, -0.25) is 0 Å². The molecule has 0 fully saturated rings. The smallest absolute Gasteiger partial charge is 0.0790 e. The number of anilines is 3. The molecule has 0 amide bonds. The van der Waals surface area contributed by atoms with Gasteiger partial charge in [0, 0.05) is 5.56 Å². The minimum Gasteiger partial charge on any atom is -0.397 e. The van der Waals surface area contributed by atoms with Gasteiger partial charge in [-0.2, -0.15) is 0 Å². The predicted molar refractivity (Wildman–Crippen MR) is 95.3 cm³/mol. The summed E-state index contributed by atoms with van der Waals surface area (Å²) >= 11 is 0. The van der Waals surface area contributed by atoms with Crippen LogP contribution in [0.2, 0.25) is 0 Å². The maximum Gasteiger partial charge on any atom is 0.0790 e. The molecule has 0 aliphatic heterocycles. The lowest BCUT2D eigenvalue weighted by Crippen LogP contribution is -2.06. The molecule has 3 aromatic carbocycles. The van der Waals surface area contributed by atoms with E-state index in [0.717, 1.165) is 27.8 Å². The van der Waals surface area contributed by atoms with Gasteiger partial charge in [-0.15, -0.1) is 0 Å². The van der Waals surface area contributed by atoms with Crippen LogP contribution in [-0.4, -0.2) is 0 Å². The quantitative estimate of drug-likeness (QED) is 0.622. The Hall–Kier alpha value is -2.94. The van der Waals surface area contributed by atoms with Gasteiger partial charge in [0.15, 0.2) is 0 Å². The zero-order valence-corrected chi connectivity index (χ0v) is 12.5. The molecule has 0 aromatic heterocycles. The Morgan fingerprint density at radius 3 is 1.50 bits per heavy atom. The molecule has 110 valence electrons. The monoisotopic (exact) mass is 289 g/mol. The molecule has 0 aliphatic rings. The third-order valence-corrected chi connectivity index (χ3v) is 4.00. The zero-order chi connectivity index (χ0) is 15.7. The van der Waals surface area contributed by atoms with E-state index in [1.165, 1.54) is 0 Å². The second-order valence-corrected chi connectivity index (χ2v) is 5.35. The molecule has 0 heterocycles. The second-order valence-electron chi connectivity index (χ2n) is 5.35. The van der Waals surface area contributed by atoms with Crippen molar-refractivity contribution in [3.63, 3.8) is 0 Å². The summed E-state index contributed by atoms with van der Waals surface area (Å²) in [6.45, 7) is 1.99. The van der Waals surface area contributed by atoms with Crippen LogP contribution in [0.5, 0.6) is 0 Å². The van der Waals surface area contributed by atoms with Crippen molar-refractivity contribution in [2.75, 3.05) is 17.2 Å². The van der Waals surface area contributed by atoms with E-state index in [2.05, 4.69) is 12.1 Å². The molecule has 3 heteroatoms. The van der Waals surface area contributed by atoms with Crippen molar-refractivity contribution in [1.29, 1.82) is 0 Å². The highest BCUT2D eigenvalue weighted by Gasteiger charge is 2.19. The summed E-state index contributed by atoms with van der Waals surface area (Å²) in [5.41, 5.74) is 25.2. The molecular weight excluding hydrogens is 270 g/mol. The summed E-state index contributed by atoms with van der Waals surface area (Å²) in [6.07, 6.45) is 0. The first-order valence-corrected chi connectivity index (χ1v) is 7.19. The van der Waals surface area contributed by atoms with Gasteiger partial charge in [0.1, 0.15) is 0 Å². The summed E-state index contributed by atoms with van der Waals surface area (Å²) in [4.78, 5) is 0. The Kier molecular flexibility index (Phi) is 3.47. The van der Waals surface area contributed by atoms with Crippen LogP contribution in [0.4, 0.5) is 17.1 Å². The largest absolute Gasteiger partial charge is 0.397 e. The van der Waals surface area contributed by atoms with Crippen molar-refractivity contribution >= 4 is 17.1 Å². The Balaban J connectivity index is 2.42. The topological polar surface area (TPSA) is 78.1 Å². The summed E-state index contributed by atoms with van der Waals surface area (Å²) in [5.74, 6) is 0. The molecule has 0 aliphatic carbocycles. The minimum absolute atomic E-state index is 0.455. The summed E-state index contributed by atoms with van der Waals surface area (Å²) < 4.78 is 0. The summed E-state index contributed by atoms with van der Waals surface area (Å²) in [5, 5.41) is 0. The molecule has 22 heavy (non-hydrogen) atoms. The van der Waals surface area contributed by atoms with Gasteiger partial charge in [-0.05, 0) is 29.2 Å².